The maximum absolute atomic E-state index is 13.0. The van der Waals surface area contributed by atoms with E-state index in [4.69, 9.17) is 9.47 Å². The number of ketones is 1. The number of aromatic amines is 1. The Hall–Kier alpha value is -3.86. The van der Waals surface area contributed by atoms with Gasteiger partial charge in [0.2, 0.25) is 5.78 Å². The highest BCUT2D eigenvalue weighted by Gasteiger charge is 2.21. The van der Waals surface area contributed by atoms with Gasteiger partial charge in [-0.15, -0.1) is 0 Å². The maximum Gasteiger partial charge on any atom is 0.338 e. The lowest BCUT2D eigenvalue weighted by Crippen LogP contribution is -2.14. The number of ether oxygens (including phenoxy) is 2. The summed E-state index contributed by atoms with van der Waals surface area (Å²) in [6.07, 6.45) is 0. The predicted octanol–water partition coefficient (Wildman–Crippen LogP) is 4.88. The molecule has 0 aliphatic carbocycles. The summed E-state index contributed by atoms with van der Waals surface area (Å²) in [6, 6.07) is 23.8. The molecule has 0 saturated heterocycles. The standard InChI is InChI=1S/C24H19NO4/c1-28-18-13-11-17(12-14-18)24(27)29-15-21(26)22-19-9-5-6-10-20(19)25-23(22)16-7-3-2-4-8-16/h2-14,25H,15H2,1H3. The largest absolute Gasteiger partial charge is 0.497 e. The van der Waals surface area contributed by atoms with E-state index in [1.807, 2.05) is 54.6 Å². The van der Waals surface area contributed by atoms with Gasteiger partial charge in [0.1, 0.15) is 5.75 Å². The summed E-state index contributed by atoms with van der Waals surface area (Å²) in [4.78, 5) is 28.7. The fourth-order valence-corrected chi connectivity index (χ4v) is 3.27. The number of methoxy groups -OCH3 is 1. The van der Waals surface area contributed by atoms with Crippen LogP contribution in [0.4, 0.5) is 0 Å². The number of H-pyrrole nitrogens is 1. The smallest absolute Gasteiger partial charge is 0.338 e. The molecule has 5 nitrogen and oxygen atoms in total. The van der Waals surface area contributed by atoms with Crippen LogP contribution in [0.1, 0.15) is 20.7 Å². The van der Waals surface area contributed by atoms with Crippen molar-refractivity contribution in [3.8, 4) is 17.0 Å². The number of nitrogens with one attached hydrogen (secondary N) is 1. The Morgan fingerprint density at radius 3 is 2.28 bits per heavy atom. The van der Waals surface area contributed by atoms with Crippen molar-refractivity contribution >= 4 is 22.7 Å². The molecular formula is C24H19NO4. The van der Waals surface area contributed by atoms with Crippen molar-refractivity contribution in [3.05, 3.63) is 90.0 Å². The second-order valence-electron chi connectivity index (χ2n) is 6.51. The lowest BCUT2D eigenvalue weighted by molar-refractivity contribution is 0.0475. The number of aromatic nitrogens is 1. The summed E-state index contributed by atoms with van der Waals surface area (Å²) in [5.74, 6) is -0.172. The van der Waals surface area contributed by atoms with Gasteiger partial charge in [0.25, 0.3) is 0 Å². The number of fused-ring (bicyclic) bond motifs is 1. The minimum atomic E-state index is -0.554. The molecule has 0 radical (unpaired) electrons. The first kappa shape index (κ1) is 18.5. The van der Waals surface area contributed by atoms with Crippen LogP contribution < -0.4 is 4.74 Å². The molecule has 3 aromatic carbocycles. The Morgan fingerprint density at radius 2 is 1.55 bits per heavy atom. The summed E-state index contributed by atoms with van der Waals surface area (Å²) in [6.45, 7) is -0.341. The number of esters is 1. The number of hydrogen-bond acceptors (Lipinski definition) is 4. The Labute approximate surface area is 167 Å². The van der Waals surface area contributed by atoms with Crippen LogP contribution in [0.3, 0.4) is 0 Å². The molecule has 1 heterocycles. The minimum Gasteiger partial charge on any atom is -0.497 e. The molecule has 0 aliphatic heterocycles. The molecule has 0 amide bonds. The normalized spacial score (nSPS) is 10.7. The topological polar surface area (TPSA) is 68.4 Å². The van der Waals surface area contributed by atoms with Crippen LogP contribution in [0.25, 0.3) is 22.2 Å². The highest BCUT2D eigenvalue weighted by molar-refractivity contribution is 6.14. The minimum absolute atomic E-state index is 0.261. The van der Waals surface area contributed by atoms with Crippen molar-refractivity contribution in [2.45, 2.75) is 0 Å². The number of para-hydroxylation sites is 1. The number of carbonyl (C=O) groups excluding carboxylic acids is 2. The zero-order valence-electron chi connectivity index (χ0n) is 15.8. The molecule has 0 bridgehead atoms. The molecule has 0 unspecified atom stereocenters. The van der Waals surface area contributed by atoms with E-state index in [9.17, 15) is 9.59 Å². The van der Waals surface area contributed by atoms with Gasteiger partial charge < -0.3 is 14.5 Å². The van der Waals surface area contributed by atoms with E-state index in [0.29, 0.717) is 16.9 Å². The molecule has 29 heavy (non-hydrogen) atoms. The first-order valence-electron chi connectivity index (χ1n) is 9.18. The fraction of sp³-hybridized carbons (Fsp3) is 0.0833. The van der Waals surface area contributed by atoms with Crippen molar-refractivity contribution in [2.75, 3.05) is 13.7 Å². The van der Waals surface area contributed by atoms with Gasteiger partial charge in [-0.1, -0.05) is 48.5 Å². The molecule has 4 aromatic rings. The Bertz CT molecular complexity index is 1160. The van der Waals surface area contributed by atoms with Gasteiger partial charge in [-0.05, 0) is 35.9 Å². The first-order chi connectivity index (χ1) is 14.2. The summed E-state index contributed by atoms with van der Waals surface area (Å²) < 4.78 is 10.4. The first-order valence-corrected chi connectivity index (χ1v) is 9.18. The monoisotopic (exact) mass is 385 g/mol. The van der Waals surface area contributed by atoms with Crippen LogP contribution in [0, 0.1) is 0 Å². The van der Waals surface area contributed by atoms with Crippen molar-refractivity contribution in [1.82, 2.24) is 4.98 Å². The number of benzene rings is 3. The molecule has 0 fully saturated rings. The molecule has 4 rings (SSSR count). The van der Waals surface area contributed by atoms with Crippen molar-refractivity contribution in [1.29, 1.82) is 0 Å². The number of Topliss-reactive ketones (excluding diaryl/α,β-unsaturated/α-hetero) is 1. The van der Waals surface area contributed by atoms with Crippen LogP contribution in [0.2, 0.25) is 0 Å². The Kier molecular flexibility index (Phi) is 5.12. The van der Waals surface area contributed by atoms with E-state index in [0.717, 1.165) is 22.2 Å². The van der Waals surface area contributed by atoms with Gasteiger partial charge in [-0.3, -0.25) is 4.79 Å². The van der Waals surface area contributed by atoms with Crippen LogP contribution in [0.5, 0.6) is 5.75 Å². The van der Waals surface area contributed by atoms with Gasteiger partial charge in [0, 0.05) is 10.9 Å². The third kappa shape index (κ3) is 3.75. The quantitative estimate of drug-likeness (QED) is 0.379. The van der Waals surface area contributed by atoms with Gasteiger partial charge in [0.15, 0.2) is 6.61 Å². The second kappa shape index (κ2) is 8.02. The molecule has 144 valence electrons. The molecule has 5 heteroatoms. The average Bonchev–Trinajstić information content (AvgIpc) is 3.17. The third-order valence-electron chi connectivity index (χ3n) is 4.71. The number of rotatable bonds is 6. The summed E-state index contributed by atoms with van der Waals surface area (Å²) in [5, 5.41) is 0.803. The zero-order valence-corrected chi connectivity index (χ0v) is 15.8. The van der Waals surface area contributed by atoms with Gasteiger partial charge in [-0.25, -0.2) is 4.79 Å². The van der Waals surface area contributed by atoms with Crippen LogP contribution in [-0.4, -0.2) is 30.5 Å². The van der Waals surface area contributed by atoms with E-state index in [1.54, 1.807) is 31.4 Å². The molecule has 1 N–H and O–H groups in total. The molecule has 1 aromatic heterocycles. The van der Waals surface area contributed by atoms with Crippen LogP contribution in [0.15, 0.2) is 78.9 Å². The lowest BCUT2D eigenvalue weighted by atomic mass is 10.0. The summed E-state index contributed by atoms with van der Waals surface area (Å²) in [5.41, 5.74) is 3.36. The predicted molar refractivity (Wildman–Crippen MR) is 111 cm³/mol. The molecule has 0 aliphatic rings. The molecule has 0 saturated carbocycles. The average molecular weight is 385 g/mol. The van der Waals surface area contributed by atoms with Gasteiger partial charge >= 0.3 is 5.97 Å². The Morgan fingerprint density at radius 1 is 0.862 bits per heavy atom. The van der Waals surface area contributed by atoms with E-state index in [2.05, 4.69) is 4.98 Å². The summed E-state index contributed by atoms with van der Waals surface area (Å²) in [7, 11) is 1.55. The number of carbonyl (C=O) groups is 2. The lowest BCUT2D eigenvalue weighted by Gasteiger charge is -2.07. The highest BCUT2D eigenvalue weighted by Crippen LogP contribution is 2.30. The zero-order chi connectivity index (χ0) is 20.2. The fourth-order valence-electron chi connectivity index (χ4n) is 3.27. The second-order valence-corrected chi connectivity index (χ2v) is 6.51. The van der Waals surface area contributed by atoms with E-state index in [-0.39, 0.29) is 12.4 Å². The Balaban J connectivity index is 1.60. The van der Waals surface area contributed by atoms with E-state index >= 15 is 0 Å². The SMILES string of the molecule is COc1ccc(C(=O)OCC(=O)c2c(-c3ccccc3)[nH]c3ccccc23)cc1. The third-order valence-corrected chi connectivity index (χ3v) is 4.71. The molecule has 0 spiro atoms. The maximum atomic E-state index is 13.0. The van der Waals surface area contributed by atoms with E-state index < -0.39 is 5.97 Å². The van der Waals surface area contributed by atoms with Crippen LogP contribution in [-0.2, 0) is 4.74 Å². The van der Waals surface area contributed by atoms with Crippen molar-refractivity contribution in [3.63, 3.8) is 0 Å². The van der Waals surface area contributed by atoms with Gasteiger partial charge in [0.05, 0.1) is 23.9 Å². The summed E-state index contributed by atoms with van der Waals surface area (Å²) >= 11 is 0. The van der Waals surface area contributed by atoms with Crippen LogP contribution >= 0.6 is 0 Å². The van der Waals surface area contributed by atoms with Gasteiger partial charge in [-0.2, -0.15) is 0 Å². The highest BCUT2D eigenvalue weighted by atomic mass is 16.5. The molecule has 0 atom stereocenters. The number of hydrogen-bond donors (Lipinski definition) is 1. The van der Waals surface area contributed by atoms with Crippen molar-refractivity contribution < 1.29 is 19.1 Å². The van der Waals surface area contributed by atoms with Crippen molar-refractivity contribution in [2.24, 2.45) is 0 Å². The van der Waals surface area contributed by atoms with E-state index in [1.165, 1.54) is 0 Å². The molecular weight excluding hydrogens is 366 g/mol.